The zero-order chi connectivity index (χ0) is 41.9. The van der Waals surface area contributed by atoms with Gasteiger partial charge in [-0.25, -0.2) is 11.1 Å². The van der Waals surface area contributed by atoms with Crippen molar-refractivity contribution >= 4 is 87.5 Å². The molecule has 4 aromatic heterocycles. The molecule has 0 unspecified atom stereocenters. The number of furan rings is 2. The number of benzene rings is 10. The van der Waals surface area contributed by atoms with Crippen molar-refractivity contribution in [3.8, 4) is 44.8 Å². The first kappa shape index (κ1) is 38.0. The van der Waals surface area contributed by atoms with E-state index in [-0.39, 0.29) is 31.1 Å². The molecule has 14 rings (SSSR count). The Kier molecular flexibility index (Phi) is 8.62. The van der Waals surface area contributed by atoms with Crippen LogP contribution in [0.2, 0.25) is 0 Å². The van der Waals surface area contributed by atoms with Gasteiger partial charge in [-0.05, 0) is 106 Å². The minimum absolute atomic E-state index is 0. The predicted octanol–water partition coefficient (Wildman–Crippen LogP) is 16.3. The normalized spacial score (nSPS) is 11.9. The van der Waals surface area contributed by atoms with Crippen molar-refractivity contribution in [1.29, 1.82) is 0 Å². The van der Waals surface area contributed by atoms with Gasteiger partial charge >= 0.3 is 31.1 Å². The topological polar surface area (TPSA) is 36.1 Å². The molecule has 10 aromatic carbocycles. The molecule has 0 atom stereocenters. The molecule has 300 valence electrons. The van der Waals surface area contributed by atoms with Gasteiger partial charge in [-0.3, -0.25) is 0 Å². The van der Waals surface area contributed by atoms with Crippen LogP contribution in [0, 0.1) is 43.2 Å². The Morgan fingerprint density at radius 1 is 0.292 bits per heavy atom. The monoisotopic (exact) mass is 1050 g/mol. The minimum Gasteiger partial charge on any atom is -0.456 e. The van der Waals surface area contributed by atoms with Crippen LogP contribution in [0.3, 0.4) is 0 Å². The van der Waals surface area contributed by atoms with Crippen LogP contribution >= 0.6 is 0 Å². The van der Waals surface area contributed by atoms with Crippen molar-refractivity contribution in [2.45, 2.75) is 0 Å². The predicted molar refractivity (Wildman–Crippen MR) is 264 cm³/mol. The SMILES string of the molecule is [U+2].[c-]1ccc(-n2c3ccccc3c3cc(-c4ccc5oc6ccccc6c5c4)ccc32)cc1-c1[c-]ccc(-n2c3ccccc3c3cc(-c4ccc5oc6ccccc6c5c4)ccc32)c1. The summed E-state index contributed by atoms with van der Waals surface area (Å²) >= 11 is 0. The molecule has 0 spiro atoms. The molecule has 0 aliphatic heterocycles. The number of hydrogen-bond donors (Lipinski definition) is 0. The average molecular weight is 1050 g/mol. The van der Waals surface area contributed by atoms with Gasteiger partial charge in [0, 0.05) is 43.1 Å². The van der Waals surface area contributed by atoms with Gasteiger partial charge in [-0.1, -0.05) is 97.1 Å². The smallest absolute Gasteiger partial charge is 0.456 e. The maximum atomic E-state index is 6.15. The van der Waals surface area contributed by atoms with Crippen LogP contribution < -0.4 is 0 Å². The summed E-state index contributed by atoms with van der Waals surface area (Å²) < 4.78 is 17.0. The molecule has 0 radical (unpaired) electrons. The third-order valence-corrected chi connectivity index (χ3v) is 13.1. The van der Waals surface area contributed by atoms with Crippen LogP contribution in [0.1, 0.15) is 0 Å². The van der Waals surface area contributed by atoms with E-state index in [1.807, 2.05) is 36.4 Å². The molecule has 4 heterocycles. The van der Waals surface area contributed by atoms with Crippen molar-refractivity contribution in [2.75, 3.05) is 0 Å². The maximum absolute atomic E-state index is 6.15. The van der Waals surface area contributed by atoms with Crippen molar-refractivity contribution in [1.82, 2.24) is 9.13 Å². The van der Waals surface area contributed by atoms with Crippen LogP contribution in [0.5, 0.6) is 0 Å². The Balaban J connectivity index is 0.00000423. The molecule has 0 bridgehead atoms. The molecule has 0 saturated carbocycles. The van der Waals surface area contributed by atoms with Gasteiger partial charge in [0.2, 0.25) is 0 Å². The first-order valence-corrected chi connectivity index (χ1v) is 21.6. The van der Waals surface area contributed by atoms with Gasteiger partial charge in [0.1, 0.15) is 22.3 Å². The number of fused-ring (bicyclic) bond motifs is 12. The molecular weight excluding hydrogens is 1020 g/mol. The van der Waals surface area contributed by atoms with Crippen LogP contribution in [0.4, 0.5) is 0 Å². The van der Waals surface area contributed by atoms with E-state index in [0.29, 0.717) is 0 Å². The van der Waals surface area contributed by atoms with E-state index in [1.165, 1.54) is 32.7 Å². The Labute approximate surface area is 396 Å². The fourth-order valence-corrected chi connectivity index (χ4v) is 10.2. The van der Waals surface area contributed by atoms with Gasteiger partial charge in [0.05, 0.1) is 22.1 Å². The molecular formula is C60H34N2O2U. The van der Waals surface area contributed by atoms with Gasteiger partial charge in [0.15, 0.2) is 0 Å². The summed E-state index contributed by atoms with van der Waals surface area (Å²) in [6.45, 7) is 0. The fourth-order valence-electron chi connectivity index (χ4n) is 10.2. The summed E-state index contributed by atoms with van der Waals surface area (Å²) in [5.74, 6) is 0. The van der Waals surface area contributed by atoms with E-state index < -0.39 is 0 Å². The maximum Gasteiger partial charge on any atom is 2.00 e. The van der Waals surface area contributed by atoms with Gasteiger partial charge in [-0.15, -0.1) is 12.1 Å². The summed E-state index contributed by atoms with van der Waals surface area (Å²) in [5, 5.41) is 9.36. The Bertz CT molecular complexity index is 3950. The molecule has 65 heavy (non-hydrogen) atoms. The largest absolute Gasteiger partial charge is 2.00 e. The summed E-state index contributed by atoms with van der Waals surface area (Å²) in [6.07, 6.45) is 0. The van der Waals surface area contributed by atoms with E-state index in [9.17, 15) is 0 Å². The van der Waals surface area contributed by atoms with Crippen molar-refractivity contribution < 1.29 is 39.9 Å². The molecule has 0 amide bonds. The summed E-state index contributed by atoms with van der Waals surface area (Å²) in [6, 6.07) is 80.6. The van der Waals surface area contributed by atoms with Crippen LogP contribution in [0.15, 0.2) is 215 Å². The number of nitrogens with zero attached hydrogens (tertiary/aromatic N) is 2. The zero-order valence-electron chi connectivity index (χ0n) is 34.8. The Morgan fingerprint density at radius 3 is 1.11 bits per heavy atom. The molecule has 0 N–H and O–H groups in total. The summed E-state index contributed by atoms with van der Waals surface area (Å²) in [4.78, 5) is 0. The Morgan fingerprint density at radius 2 is 0.646 bits per heavy atom. The fraction of sp³-hybridized carbons (Fsp3) is 0. The second kappa shape index (κ2) is 14.8. The zero-order valence-corrected chi connectivity index (χ0v) is 39.0. The van der Waals surface area contributed by atoms with E-state index >= 15 is 0 Å². The standard InChI is InChI=1S/C60H34N2O2.U/c1-5-19-53-45(15-1)49-33-39(41-25-29-59-51(35-41)47-17-3-7-21-57(47)63-59)23-27-55(49)61(53)43-13-9-11-37(31-43)38-12-10-14-44(32-38)62-54-20-6-2-16-46(54)50-34-40(24-28-56(50)62)42-26-30-60-52(36-42)48-18-4-8-22-58(48)64-60;/h1-10,13-36H;/q-2;+2. The quantitative estimate of drug-likeness (QED) is 0.161. The molecule has 14 aromatic rings. The second-order valence-electron chi connectivity index (χ2n) is 16.7. The average Bonchev–Trinajstić information content (AvgIpc) is 4.11. The summed E-state index contributed by atoms with van der Waals surface area (Å²) in [7, 11) is 0. The van der Waals surface area contributed by atoms with Crippen molar-refractivity contribution in [2.24, 2.45) is 0 Å². The van der Waals surface area contributed by atoms with E-state index in [4.69, 9.17) is 8.83 Å². The van der Waals surface area contributed by atoms with E-state index in [1.54, 1.807) is 0 Å². The number of para-hydroxylation sites is 4. The van der Waals surface area contributed by atoms with E-state index in [0.717, 1.165) is 99.6 Å². The molecule has 0 aliphatic rings. The minimum atomic E-state index is 0. The van der Waals surface area contributed by atoms with Gasteiger partial charge in [0.25, 0.3) is 0 Å². The van der Waals surface area contributed by atoms with Crippen molar-refractivity contribution in [3.63, 3.8) is 0 Å². The molecule has 0 saturated heterocycles. The molecule has 0 aliphatic carbocycles. The number of rotatable bonds is 5. The third kappa shape index (κ3) is 5.90. The molecule has 0 fully saturated rings. The third-order valence-electron chi connectivity index (χ3n) is 13.1. The first-order valence-electron chi connectivity index (χ1n) is 21.6. The van der Waals surface area contributed by atoms with Crippen molar-refractivity contribution in [3.05, 3.63) is 218 Å². The van der Waals surface area contributed by atoms with Gasteiger partial charge in [-0.2, -0.15) is 36.4 Å². The van der Waals surface area contributed by atoms with Crippen LogP contribution in [-0.2, 0) is 0 Å². The molecule has 4 nitrogen and oxygen atoms in total. The van der Waals surface area contributed by atoms with E-state index in [2.05, 4.69) is 191 Å². The summed E-state index contributed by atoms with van der Waals surface area (Å²) in [5.41, 5.74) is 17.0. The van der Waals surface area contributed by atoms with Crippen LogP contribution in [-0.4, -0.2) is 9.13 Å². The van der Waals surface area contributed by atoms with Crippen LogP contribution in [0.25, 0.3) is 132 Å². The molecule has 5 heteroatoms. The number of hydrogen-bond acceptors (Lipinski definition) is 2. The number of aromatic nitrogens is 2. The second-order valence-corrected chi connectivity index (χ2v) is 16.7. The van der Waals surface area contributed by atoms with Gasteiger partial charge < -0.3 is 18.0 Å². The Hall–Kier alpha value is -7.55. The first-order chi connectivity index (χ1) is 31.7.